The van der Waals surface area contributed by atoms with Crippen LogP contribution in [0.3, 0.4) is 0 Å². The number of amides is 2. The third-order valence-electron chi connectivity index (χ3n) is 11.2. The average Bonchev–Trinajstić information content (AvgIpc) is 3.50. The van der Waals surface area contributed by atoms with E-state index in [-0.39, 0.29) is 23.8 Å². The Hall–Kier alpha value is -3.43. The molecule has 0 bridgehead atoms. The van der Waals surface area contributed by atoms with E-state index in [0.29, 0.717) is 44.5 Å². The Bertz CT molecular complexity index is 1460. The number of likely N-dealkylation sites (tertiary alicyclic amines) is 1. The summed E-state index contributed by atoms with van der Waals surface area (Å²) in [6, 6.07) is 3.65. The number of aromatic nitrogens is 3. The van der Waals surface area contributed by atoms with Gasteiger partial charge in [-0.25, -0.2) is 0 Å². The van der Waals surface area contributed by atoms with Crippen molar-refractivity contribution in [2.45, 2.75) is 104 Å². The molecular formula is C33H43N5O5. The standard InChI is InChI=1S/C33H43N5O5/c1-21-9-10-25(43-19-27-35-34-26-8-4-6-15-38(26)27)29-22(21)11-16-37(24(29)18-36-20-33(13-14-33)17-28(36)39)30(40)23-7-3-5-12-32(23,2)31(41)42/h9-10,23-24H,3-8,11-20H2,1-2H3,(H,41,42)/t23?,24?,32-/m0/s1. The molecule has 2 saturated carbocycles. The number of rotatable bonds is 7. The molecule has 3 fully saturated rings. The highest BCUT2D eigenvalue weighted by atomic mass is 16.5. The first kappa shape index (κ1) is 28.3. The summed E-state index contributed by atoms with van der Waals surface area (Å²) in [5, 5.41) is 19.1. The SMILES string of the molecule is Cc1ccc(OCc2nnc3n2CCCC3)c2c1CCN(C(=O)C1CCCC[C@]1(C)C(=O)O)C2CN1CC2(CC2)CC1=O. The Morgan fingerprint density at radius 2 is 1.91 bits per heavy atom. The predicted molar refractivity (Wildman–Crippen MR) is 157 cm³/mol. The molecule has 4 heterocycles. The summed E-state index contributed by atoms with van der Waals surface area (Å²) >= 11 is 0. The van der Waals surface area contributed by atoms with E-state index in [2.05, 4.69) is 27.8 Å². The highest BCUT2D eigenvalue weighted by Crippen LogP contribution is 2.54. The van der Waals surface area contributed by atoms with Gasteiger partial charge in [0.15, 0.2) is 5.82 Å². The van der Waals surface area contributed by atoms with Gasteiger partial charge >= 0.3 is 5.97 Å². The Morgan fingerprint density at radius 3 is 2.67 bits per heavy atom. The van der Waals surface area contributed by atoms with Gasteiger partial charge in [0.2, 0.25) is 11.8 Å². The number of aliphatic carboxylic acids is 1. The van der Waals surface area contributed by atoms with Crippen LogP contribution in [-0.4, -0.2) is 67.1 Å². The van der Waals surface area contributed by atoms with Gasteiger partial charge in [-0.05, 0) is 81.4 Å². The number of nitrogens with zero attached hydrogens (tertiary/aromatic N) is 5. The van der Waals surface area contributed by atoms with Crippen molar-refractivity contribution in [2.75, 3.05) is 19.6 Å². The van der Waals surface area contributed by atoms with Crippen molar-refractivity contribution in [1.82, 2.24) is 24.6 Å². The molecule has 2 unspecified atom stereocenters. The average molecular weight is 590 g/mol. The number of benzene rings is 1. The van der Waals surface area contributed by atoms with E-state index in [1.54, 1.807) is 6.92 Å². The lowest BCUT2D eigenvalue weighted by molar-refractivity contribution is -0.162. The second kappa shape index (κ2) is 10.6. The van der Waals surface area contributed by atoms with Crippen LogP contribution in [0.2, 0.25) is 0 Å². The topological polar surface area (TPSA) is 118 Å². The number of hydrogen-bond acceptors (Lipinski definition) is 6. The van der Waals surface area contributed by atoms with Crippen molar-refractivity contribution < 1.29 is 24.2 Å². The van der Waals surface area contributed by atoms with E-state index in [4.69, 9.17) is 4.74 Å². The second-order valence-corrected chi connectivity index (χ2v) is 14.0. The van der Waals surface area contributed by atoms with Crippen molar-refractivity contribution in [3.05, 3.63) is 40.5 Å². The summed E-state index contributed by atoms with van der Waals surface area (Å²) in [5.74, 6) is 1.05. The normalized spacial score (nSPS) is 27.6. The highest BCUT2D eigenvalue weighted by molar-refractivity contribution is 5.88. The van der Waals surface area contributed by atoms with Crippen molar-refractivity contribution in [2.24, 2.45) is 16.7 Å². The summed E-state index contributed by atoms with van der Waals surface area (Å²) in [4.78, 5) is 44.1. The van der Waals surface area contributed by atoms with Crippen LogP contribution >= 0.6 is 0 Å². The smallest absolute Gasteiger partial charge is 0.310 e. The molecule has 230 valence electrons. The van der Waals surface area contributed by atoms with Crippen LogP contribution in [0.15, 0.2) is 12.1 Å². The third kappa shape index (κ3) is 4.90. The number of carbonyl (C=O) groups excluding carboxylic acids is 2. The molecule has 10 nitrogen and oxygen atoms in total. The molecule has 5 aliphatic rings. The van der Waals surface area contributed by atoms with Gasteiger partial charge in [0, 0.05) is 44.6 Å². The van der Waals surface area contributed by atoms with Gasteiger partial charge in [-0.3, -0.25) is 14.4 Å². The first-order valence-corrected chi connectivity index (χ1v) is 16.2. The lowest BCUT2D eigenvalue weighted by atomic mass is 9.66. The summed E-state index contributed by atoms with van der Waals surface area (Å²) < 4.78 is 8.70. The molecule has 1 aromatic carbocycles. The molecule has 43 heavy (non-hydrogen) atoms. The molecule has 2 amide bonds. The van der Waals surface area contributed by atoms with E-state index in [0.717, 1.165) is 86.4 Å². The van der Waals surface area contributed by atoms with Crippen LogP contribution in [0.25, 0.3) is 0 Å². The summed E-state index contributed by atoms with van der Waals surface area (Å²) in [5.41, 5.74) is 2.26. The van der Waals surface area contributed by atoms with Crippen LogP contribution in [0.5, 0.6) is 5.75 Å². The first-order valence-electron chi connectivity index (χ1n) is 16.2. The molecule has 10 heteroatoms. The summed E-state index contributed by atoms with van der Waals surface area (Å²) in [7, 11) is 0. The Kier molecular flexibility index (Phi) is 7.01. The van der Waals surface area contributed by atoms with Crippen molar-refractivity contribution in [3.63, 3.8) is 0 Å². The molecule has 2 aliphatic carbocycles. The largest absolute Gasteiger partial charge is 0.485 e. The molecular weight excluding hydrogens is 546 g/mol. The van der Waals surface area contributed by atoms with Crippen LogP contribution in [0.1, 0.15) is 99.1 Å². The summed E-state index contributed by atoms with van der Waals surface area (Å²) in [6.07, 6.45) is 9.26. The second-order valence-electron chi connectivity index (χ2n) is 14.0. The highest BCUT2D eigenvalue weighted by Gasteiger charge is 2.53. The maximum absolute atomic E-state index is 14.5. The number of carboxylic acid groups (broad SMARTS) is 1. The number of carboxylic acids is 1. The quantitative estimate of drug-likeness (QED) is 0.514. The maximum atomic E-state index is 14.5. The maximum Gasteiger partial charge on any atom is 0.310 e. The van der Waals surface area contributed by atoms with Gasteiger partial charge in [0.05, 0.1) is 17.4 Å². The lowest BCUT2D eigenvalue weighted by Gasteiger charge is -2.45. The Morgan fingerprint density at radius 1 is 1.07 bits per heavy atom. The fourth-order valence-corrected chi connectivity index (χ4v) is 8.24. The fraction of sp³-hybridized carbons (Fsp3) is 0.667. The number of hydrogen-bond donors (Lipinski definition) is 1. The molecule has 7 rings (SSSR count). The number of aryl methyl sites for hydroxylation is 2. The minimum absolute atomic E-state index is 0.105. The third-order valence-corrected chi connectivity index (χ3v) is 11.2. The number of carbonyl (C=O) groups is 3. The van der Waals surface area contributed by atoms with E-state index in [1.165, 1.54) is 0 Å². The predicted octanol–water partition coefficient (Wildman–Crippen LogP) is 4.22. The van der Waals surface area contributed by atoms with E-state index < -0.39 is 23.3 Å². The zero-order valence-electron chi connectivity index (χ0n) is 25.4. The molecule has 0 radical (unpaired) electrons. The molecule has 2 aromatic rings. The van der Waals surface area contributed by atoms with Crippen molar-refractivity contribution >= 4 is 17.8 Å². The van der Waals surface area contributed by atoms with E-state index >= 15 is 0 Å². The zero-order valence-corrected chi connectivity index (χ0v) is 25.4. The van der Waals surface area contributed by atoms with Gasteiger partial charge in [-0.1, -0.05) is 18.9 Å². The van der Waals surface area contributed by atoms with Gasteiger partial charge in [0.1, 0.15) is 18.2 Å². The molecule has 1 N–H and O–H groups in total. The van der Waals surface area contributed by atoms with Gasteiger partial charge in [0.25, 0.3) is 0 Å². The molecule has 3 aliphatic heterocycles. The summed E-state index contributed by atoms with van der Waals surface area (Å²) in [6.45, 7) is 6.62. The lowest BCUT2D eigenvalue weighted by Crippen LogP contribution is -2.52. The van der Waals surface area contributed by atoms with Gasteiger partial charge in [-0.15, -0.1) is 10.2 Å². The number of ether oxygens (including phenoxy) is 1. The van der Waals surface area contributed by atoms with E-state index in [9.17, 15) is 19.5 Å². The van der Waals surface area contributed by atoms with Gasteiger partial charge < -0.3 is 24.2 Å². The molecule has 1 aromatic heterocycles. The molecule has 3 atom stereocenters. The minimum Gasteiger partial charge on any atom is -0.485 e. The Balaban J connectivity index is 1.25. The van der Waals surface area contributed by atoms with Crippen molar-refractivity contribution in [1.29, 1.82) is 0 Å². The monoisotopic (exact) mass is 589 g/mol. The van der Waals surface area contributed by atoms with E-state index in [1.807, 2.05) is 15.9 Å². The van der Waals surface area contributed by atoms with Crippen molar-refractivity contribution in [3.8, 4) is 5.75 Å². The Labute approximate surface area is 252 Å². The first-order chi connectivity index (χ1) is 20.7. The van der Waals surface area contributed by atoms with Crippen LogP contribution in [0, 0.1) is 23.7 Å². The molecule has 1 spiro atoms. The number of fused-ring (bicyclic) bond motifs is 2. The fourth-order valence-electron chi connectivity index (χ4n) is 8.24. The van der Waals surface area contributed by atoms with Crippen LogP contribution < -0.4 is 4.74 Å². The zero-order chi connectivity index (χ0) is 29.9. The minimum atomic E-state index is -1.10. The van der Waals surface area contributed by atoms with Gasteiger partial charge in [-0.2, -0.15) is 0 Å². The van der Waals surface area contributed by atoms with Crippen LogP contribution in [0.4, 0.5) is 0 Å². The molecule has 1 saturated heterocycles. The van der Waals surface area contributed by atoms with Crippen LogP contribution in [-0.2, 0) is 40.4 Å².